The van der Waals surface area contributed by atoms with Crippen LogP contribution in [0.5, 0.6) is 5.75 Å². The summed E-state index contributed by atoms with van der Waals surface area (Å²) in [6, 6.07) is 14.2. The van der Waals surface area contributed by atoms with Crippen LogP contribution in [0.2, 0.25) is 0 Å². The fraction of sp³-hybridized carbons (Fsp3) is 0.280. The second-order valence-corrected chi connectivity index (χ2v) is 8.14. The number of primary amides is 1. The van der Waals surface area contributed by atoms with E-state index in [-0.39, 0.29) is 23.2 Å². The first kappa shape index (κ1) is 23.0. The summed E-state index contributed by atoms with van der Waals surface area (Å²) in [7, 11) is 1.56. The summed E-state index contributed by atoms with van der Waals surface area (Å²) in [5, 5.41) is 0. The third kappa shape index (κ3) is 4.63. The first-order valence-electron chi connectivity index (χ1n) is 11.1. The first-order chi connectivity index (χ1) is 16.4. The maximum Gasteiger partial charge on any atom is 0.277 e. The molecule has 2 fully saturated rings. The molecular weight excluding hydrogens is 434 g/mol. The molecule has 4 rings (SSSR count). The van der Waals surface area contributed by atoms with Gasteiger partial charge in [0.2, 0.25) is 5.91 Å². The van der Waals surface area contributed by atoms with Gasteiger partial charge < -0.3 is 26.0 Å². The average Bonchev–Trinajstić information content (AvgIpc) is 2.85. The van der Waals surface area contributed by atoms with Crippen LogP contribution < -0.4 is 26.0 Å². The number of nitrogens with two attached hydrogens (primary N) is 2. The number of nitrogens with zero attached hydrogens (tertiary/aromatic N) is 3. The van der Waals surface area contributed by atoms with Gasteiger partial charge in [0.15, 0.2) is 0 Å². The lowest BCUT2D eigenvalue weighted by Gasteiger charge is -2.31. The molecule has 2 aromatic carbocycles. The van der Waals surface area contributed by atoms with Gasteiger partial charge in [-0.2, -0.15) is 0 Å². The molecule has 9 nitrogen and oxygen atoms in total. The molecule has 9 heteroatoms. The van der Waals surface area contributed by atoms with Crippen LogP contribution in [0, 0.1) is 0 Å². The van der Waals surface area contributed by atoms with E-state index >= 15 is 0 Å². The maximum atomic E-state index is 13.5. The van der Waals surface area contributed by atoms with E-state index < -0.39 is 5.91 Å². The Morgan fingerprint density at radius 1 is 0.882 bits per heavy atom. The van der Waals surface area contributed by atoms with E-state index in [9.17, 15) is 14.4 Å². The van der Waals surface area contributed by atoms with Crippen LogP contribution in [0.25, 0.3) is 0 Å². The van der Waals surface area contributed by atoms with E-state index in [1.54, 1.807) is 41.2 Å². The summed E-state index contributed by atoms with van der Waals surface area (Å²) in [4.78, 5) is 45.4. The molecule has 0 bridgehead atoms. The molecule has 2 aliphatic rings. The first-order valence-corrected chi connectivity index (χ1v) is 11.1. The molecule has 0 spiro atoms. The fourth-order valence-corrected chi connectivity index (χ4v) is 4.15. The van der Waals surface area contributed by atoms with Crippen molar-refractivity contribution in [2.24, 2.45) is 16.5 Å². The molecule has 0 aliphatic carbocycles. The van der Waals surface area contributed by atoms with Gasteiger partial charge in [0.05, 0.1) is 12.8 Å². The van der Waals surface area contributed by atoms with Crippen molar-refractivity contribution in [1.29, 1.82) is 0 Å². The molecule has 0 atom stereocenters. The average molecular weight is 462 g/mol. The number of anilines is 2. The predicted octanol–water partition coefficient (Wildman–Crippen LogP) is 2.42. The Morgan fingerprint density at radius 3 is 2.12 bits per heavy atom. The molecule has 0 unspecified atom stereocenters. The lowest BCUT2D eigenvalue weighted by molar-refractivity contribution is -0.119. The van der Waals surface area contributed by atoms with Crippen molar-refractivity contribution >= 4 is 40.5 Å². The molecule has 4 N–H and O–H groups in total. The molecular formula is C25H27N5O4. The normalized spacial score (nSPS) is 19.4. The zero-order valence-electron chi connectivity index (χ0n) is 19.0. The third-order valence-electron chi connectivity index (χ3n) is 6.02. The van der Waals surface area contributed by atoms with Crippen molar-refractivity contribution in [2.75, 3.05) is 30.0 Å². The van der Waals surface area contributed by atoms with E-state index in [2.05, 4.69) is 4.99 Å². The third-order valence-corrected chi connectivity index (χ3v) is 6.02. The number of amides is 3. The molecule has 176 valence electrons. The smallest absolute Gasteiger partial charge is 0.277 e. The van der Waals surface area contributed by atoms with E-state index in [0.717, 1.165) is 18.5 Å². The Morgan fingerprint density at radius 2 is 1.53 bits per heavy atom. The topological polar surface area (TPSA) is 131 Å². The van der Waals surface area contributed by atoms with Gasteiger partial charge >= 0.3 is 0 Å². The number of aliphatic imine (C=N–C) groups is 1. The van der Waals surface area contributed by atoms with Gasteiger partial charge in [-0.05, 0) is 67.8 Å². The van der Waals surface area contributed by atoms with Crippen molar-refractivity contribution in [3.8, 4) is 5.75 Å². The molecule has 34 heavy (non-hydrogen) atoms. The van der Waals surface area contributed by atoms with Crippen molar-refractivity contribution in [1.82, 2.24) is 0 Å². The van der Waals surface area contributed by atoms with Crippen LogP contribution in [-0.2, 0) is 14.4 Å². The largest absolute Gasteiger partial charge is 0.497 e. The van der Waals surface area contributed by atoms with E-state index in [1.807, 2.05) is 24.3 Å². The Hall–Kier alpha value is -4.14. The summed E-state index contributed by atoms with van der Waals surface area (Å²) in [6.07, 6.45) is 2.76. The number of rotatable bonds is 5. The maximum absolute atomic E-state index is 13.5. The molecule has 3 amide bonds. The zero-order chi connectivity index (χ0) is 24.2. The number of methoxy groups -OCH3 is 1. The van der Waals surface area contributed by atoms with E-state index in [4.69, 9.17) is 16.2 Å². The SMILES string of the molecule is COc1ccc(N=C2C(=O)N(c3ccc(N4CCCCC4=O)cc3)CCC2=C(N)C(N)=O)cc1. The molecule has 2 heterocycles. The Balaban J connectivity index is 1.66. The van der Waals surface area contributed by atoms with Gasteiger partial charge in [-0.25, -0.2) is 4.99 Å². The van der Waals surface area contributed by atoms with Crippen LogP contribution in [0.4, 0.5) is 17.1 Å². The number of hydrogen-bond acceptors (Lipinski definition) is 6. The second kappa shape index (κ2) is 9.78. The summed E-state index contributed by atoms with van der Waals surface area (Å²) < 4.78 is 5.17. The molecule has 2 aliphatic heterocycles. The van der Waals surface area contributed by atoms with Crippen LogP contribution >= 0.6 is 0 Å². The van der Waals surface area contributed by atoms with Gasteiger partial charge in [0, 0.05) is 36.5 Å². The number of piperidine rings is 2. The number of benzene rings is 2. The highest BCUT2D eigenvalue weighted by atomic mass is 16.5. The van der Waals surface area contributed by atoms with Gasteiger partial charge in [0.25, 0.3) is 11.8 Å². The number of ether oxygens (including phenoxy) is 1. The van der Waals surface area contributed by atoms with Crippen LogP contribution in [0.3, 0.4) is 0 Å². The lowest BCUT2D eigenvalue weighted by Crippen LogP contribution is -2.44. The van der Waals surface area contributed by atoms with Crippen LogP contribution in [0.1, 0.15) is 25.7 Å². The van der Waals surface area contributed by atoms with Crippen molar-refractivity contribution in [2.45, 2.75) is 25.7 Å². The number of carbonyl (C=O) groups excluding carboxylic acids is 3. The number of carbonyl (C=O) groups is 3. The predicted molar refractivity (Wildman–Crippen MR) is 130 cm³/mol. The van der Waals surface area contributed by atoms with Crippen molar-refractivity contribution < 1.29 is 19.1 Å². The fourth-order valence-electron chi connectivity index (χ4n) is 4.15. The monoisotopic (exact) mass is 461 g/mol. The zero-order valence-corrected chi connectivity index (χ0v) is 19.0. The standard InChI is InChI=1S/C25H27N5O4/c1-34-19-11-5-16(6-12-19)28-23-20(22(26)24(27)32)13-15-30(25(23)33)18-9-7-17(8-10-18)29-14-3-2-4-21(29)31/h5-12H,2-4,13-15,26H2,1H3,(H2,27,32). The molecule has 2 aromatic rings. The van der Waals surface area contributed by atoms with Gasteiger partial charge in [0.1, 0.15) is 17.2 Å². The highest BCUT2D eigenvalue weighted by Crippen LogP contribution is 2.29. The van der Waals surface area contributed by atoms with Crippen LogP contribution in [0.15, 0.2) is 64.8 Å². The Labute approximate surface area is 197 Å². The Bertz CT molecular complexity index is 1170. The quantitative estimate of drug-likeness (QED) is 0.660. The summed E-state index contributed by atoms with van der Waals surface area (Å²) >= 11 is 0. The van der Waals surface area contributed by atoms with E-state index in [1.165, 1.54) is 0 Å². The van der Waals surface area contributed by atoms with Crippen molar-refractivity contribution in [3.63, 3.8) is 0 Å². The van der Waals surface area contributed by atoms with Gasteiger partial charge in [-0.3, -0.25) is 14.4 Å². The molecule has 0 aromatic heterocycles. The molecule has 2 saturated heterocycles. The minimum atomic E-state index is -0.797. The van der Waals surface area contributed by atoms with E-state index in [0.29, 0.717) is 48.6 Å². The highest BCUT2D eigenvalue weighted by Gasteiger charge is 2.32. The highest BCUT2D eigenvalue weighted by molar-refractivity contribution is 6.51. The lowest BCUT2D eigenvalue weighted by atomic mass is 9.97. The second-order valence-electron chi connectivity index (χ2n) is 8.14. The van der Waals surface area contributed by atoms with Crippen LogP contribution in [-0.4, -0.2) is 43.6 Å². The summed E-state index contributed by atoms with van der Waals surface area (Å²) in [6.45, 7) is 1.01. The minimum Gasteiger partial charge on any atom is -0.497 e. The van der Waals surface area contributed by atoms with Gasteiger partial charge in [-0.15, -0.1) is 0 Å². The molecule has 0 saturated carbocycles. The Kier molecular flexibility index (Phi) is 6.62. The van der Waals surface area contributed by atoms with Gasteiger partial charge in [-0.1, -0.05) is 0 Å². The number of hydrogen-bond donors (Lipinski definition) is 2. The summed E-state index contributed by atoms with van der Waals surface area (Å²) in [5.41, 5.74) is 13.6. The summed E-state index contributed by atoms with van der Waals surface area (Å²) in [5.74, 6) is -0.420. The molecule has 0 radical (unpaired) electrons. The minimum absolute atomic E-state index is 0.0722. The van der Waals surface area contributed by atoms with Crippen molar-refractivity contribution in [3.05, 3.63) is 59.8 Å².